The van der Waals surface area contributed by atoms with E-state index in [1.54, 1.807) is 0 Å². The zero-order chi connectivity index (χ0) is 37.7. The summed E-state index contributed by atoms with van der Waals surface area (Å²) in [6.07, 6.45) is 27.4. The molecule has 0 N–H and O–H groups in total. The lowest BCUT2D eigenvalue weighted by molar-refractivity contribution is 0.998. The molecule has 0 radical (unpaired) electrons. The highest BCUT2D eigenvalue weighted by Crippen LogP contribution is 2.41. The summed E-state index contributed by atoms with van der Waals surface area (Å²) in [5.41, 5.74) is 16.0. The third-order valence-electron chi connectivity index (χ3n) is 11.8. The summed E-state index contributed by atoms with van der Waals surface area (Å²) in [7, 11) is 0. The van der Waals surface area contributed by atoms with E-state index in [0.29, 0.717) is 0 Å². The Balaban J connectivity index is 1.01. The predicted octanol–water partition coefficient (Wildman–Crippen LogP) is 13.7. The van der Waals surface area contributed by atoms with Crippen molar-refractivity contribution in [1.29, 1.82) is 0 Å². The zero-order valence-electron chi connectivity index (χ0n) is 31.6. The number of fused-ring (bicyclic) bond motifs is 9. The molecule has 0 saturated heterocycles. The molecular weight excluding hydrogens is 691 g/mol. The molecule has 270 valence electrons. The van der Waals surface area contributed by atoms with Gasteiger partial charge in [0, 0.05) is 28.3 Å². The van der Waals surface area contributed by atoms with Crippen LogP contribution in [-0.4, -0.2) is 15.0 Å². The molecule has 3 aliphatic carbocycles. The number of benzene rings is 5. The van der Waals surface area contributed by atoms with Crippen LogP contribution >= 0.6 is 0 Å². The van der Waals surface area contributed by atoms with Crippen LogP contribution < -0.4 is 0 Å². The number of aryl methyl sites for hydroxylation is 1. The average molecular weight is 730 g/mol. The van der Waals surface area contributed by atoms with Crippen LogP contribution in [0, 0.1) is 0 Å². The Kier molecular flexibility index (Phi) is 8.17. The SMILES string of the molecule is C1=CCCC(c2ccc3c(n2)C/C(=C\C=C\c2cc4cc(-c5ccc6ccc7ccc(-c8ccccc8)nc7c6n5)c5c(c4c4ccccc24)CCC=C5)C=C3)=C1. The third kappa shape index (κ3) is 6.04. The van der Waals surface area contributed by atoms with Gasteiger partial charge in [-0.05, 0) is 111 Å². The van der Waals surface area contributed by atoms with Crippen LogP contribution in [0.4, 0.5) is 0 Å². The van der Waals surface area contributed by atoms with Crippen LogP contribution in [-0.2, 0) is 12.8 Å². The summed E-state index contributed by atoms with van der Waals surface area (Å²) < 4.78 is 0. The van der Waals surface area contributed by atoms with Gasteiger partial charge in [-0.2, -0.15) is 0 Å². The molecule has 0 atom stereocenters. The lowest BCUT2D eigenvalue weighted by Crippen LogP contribution is -2.03. The fraction of sp³-hybridized carbons (Fsp3) is 0.0926. The summed E-state index contributed by atoms with van der Waals surface area (Å²) in [6, 6.07) is 41.4. The number of aromatic nitrogens is 3. The summed E-state index contributed by atoms with van der Waals surface area (Å²) in [4.78, 5) is 15.7. The Morgan fingerprint density at radius 3 is 2.18 bits per heavy atom. The van der Waals surface area contributed by atoms with Crippen molar-refractivity contribution in [3.8, 4) is 22.5 Å². The Morgan fingerprint density at radius 1 is 0.579 bits per heavy atom. The van der Waals surface area contributed by atoms with Gasteiger partial charge in [0.1, 0.15) is 0 Å². The number of pyridine rings is 3. The minimum absolute atomic E-state index is 0.825. The Hall–Kier alpha value is -6.97. The molecular formula is C54H39N3. The number of hydrogen-bond acceptors (Lipinski definition) is 3. The van der Waals surface area contributed by atoms with Gasteiger partial charge in [0.05, 0.1) is 33.8 Å². The first-order valence-corrected chi connectivity index (χ1v) is 20.1. The van der Waals surface area contributed by atoms with Crippen molar-refractivity contribution in [1.82, 2.24) is 15.0 Å². The first kappa shape index (κ1) is 33.4. The van der Waals surface area contributed by atoms with Crippen LogP contribution in [0.3, 0.4) is 0 Å². The maximum Gasteiger partial charge on any atom is 0.0972 e. The molecule has 3 aromatic heterocycles. The predicted molar refractivity (Wildman–Crippen MR) is 241 cm³/mol. The first-order valence-electron chi connectivity index (χ1n) is 20.1. The lowest BCUT2D eigenvalue weighted by atomic mass is 9.84. The Labute approximate surface area is 332 Å². The second kappa shape index (κ2) is 14.0. The number of nitrogens with zero attached hydrogens (tertiary/aromatic N) is 3. The van der Waals surface area contributed by atoms with Crippen molar-refractivity contribution < 1.29 is 0 Å². The fourth-order valence-electron chi connectivity index (χ4n) is 8.96. The van der Waals surface area contributed by atoms with E-state index < -0.39 is 0 Å². The summed E-state index contributed by atoms with van der Waals surface area (Å²) in [5.74, 6) is 0. The van der Waals surface area contributed by atoms with Crippen LogP contribution in [0.5, 0.6) is 0 Å². The van der Waals surface area contributed by atoms with Gasteiger partial charge in [0.25, 0.3) is 0 Å². The zero-order valence-corrected chi connectivity index (χ0v) is 31.6. The highest BCUT2D eigenvalue weighted by Gasteiger charge is 2.20. The second-order valence-electron chi connectivity index (χ2n) is 15.3. The molecule has 0 spiro atoms. The van der Waals surface area contributed by atoms with Crippen molar-refractivity contribution >= 4 is 67.2 Å². The van der Waals surface area contributed by atoms with Gasteiger partial charge in [-0.15, -0.1) is 0 Å². The van der Waals surface area contributed by atoms with E-state index in [4.69, 9.17) is 15.0 Å². The molecule has 0 unspecified atom stereocenters. The molecule has 3 heterocycles. The largest absolute Gasteiger partial charge is 0.252 e. The van der Waals surface area contributed by atoms with Crippen LogP contribution in [0.25, 0.3) is 89.7 Å². The molecule has 0 saturated carbocycles. The summed E-state index contributed by atoms with van der Waals surface area (Å²) in [5, 5.41) is 7.34. The van der Waals surface area contributed by atoms with E-state index in [9.17, 15) is 0 Å². The van der Waals surface area contributed by atoms with Crippen molar-refractivity contribution in [3.63, 3.8) is 0 Å². The van der Waals surface area contributed by atoms with Crippen molar-refractivity contribution in [2.45, 2.75) is 32.1 Å². The molecule has 0 bridgehead atoms. The fourth-order valence-corrected chi connectivity index (χ4v) is 8.96. The van der Waals surface area contributed by atoms with Crippen molar-refractivity contribution in [2.24, 2.45) is 0 Å². The minimum atomic E-state index is 0.825. The molecule has 0 amide bonds. The molecule has 3 aliphatic rings. The van der Waals surface area contributed by atoms with Gasteiger partial charge >= 0.3 is 0 Å². The number of allylic oxidation sites excluding steroid dienone is 9. The maximum absolute atomic E-state index is 5.42. The first-order chi connectivity index (χ1) is 28.2. The van der Waals surface area contributed by atoms with E-state index >= 15 is 0 Å². The summed E-state index contributed by atoms with van der Waals surface area (Å²) >= 11 is 0. The van der Waals surface area contributed by atoms with E-state index in [-0.39, 0.29) is 0 Å². The van der Waals surface area contributed by atoms with E-state index in [1.165, 1.54) is 54.9 Å². The molecule has 0 fully saturated rings. The molecule has 57 heavy (non-hydrogen) atoms. The van der Waals surface area contributed by atoms with Crippen LogP contribution in [0.2, 0.25) is 0 Å². The average Bonchev–Trinajstić information content (AvgIpc) is 3.28. The van der Waals surface area contributed by atoms with E-state index in [1.807, 2.05) is 6.07 Å². The standard InChI is InChI=1S/C54H39N3/c1-3-13-36(14-4-1)48-29-26-38-23-22-35(32-51(38)55-48)12-11-17-41-33-42-34-47(44-19-8-10-21-46(44)52(42)45-20-9-7-18-43(41)45)50-31-28-40-25-24-39-27-30-49(37-15-5-2-6-16-37)56-53(39)54(40)57-50/h1-3,5-9,11-13,15-20,22-31,33-34H,4,10,14,21,32H2/b17-11+,35-12-. The van der Waals surface area contributed by atoms with Gasteiger partial charge in [0.15, 0.2) is 0 Å². The summed E-state index contributed by atoms with van der Waals surface area (Å²) in [6.45, 7) is 0. The molecule has 3 nitrogen and oxygen atoms in total. The highest BCUT2D eigenvalue weighted by atomic mass is 14.8. The second-order valence-corrected chi connectivity index (χ2v) is 15.3. The molecule has 11 rings (SSSR count). The quantitative estimate of drug-likeness (QED) is 0.166. The number of rotatable bonds is 5. The van der Waals surface area contributed by atoms with E-state index in [0.717, 1.165) is 87.8 Å². The molecule has 8 aromatic rings. The smallest absolute Gasteiger partial charge is 0.0972 e. The van der Waals surface area contributed by atoms with Crippen LogP contribution in [0.1, 0.15) is 52.9 Å². The monoisotopic (exact) mass is 729 g/mol. The topological polar surface area (TPSA) is 38.7 Å². The van der Waals surface area contributed by atoms with Gasteiger partial charge < -0.3 is 0 Å². The highest BCUT2D eigenvalue weighted by molar-refractivity contribution is 6.15. The third-order valence-corrected chi connectivity index (χ3v) is 11.8. The number of hydrogen-bond donors (Lipinski definition) is 0. The Morgan fingerprint density at radius 2 is 1.33 bits per heavy atom. The normalized spacial score (nSPS) is 15.6. The van der Waals surface area contributed by atoms with Gasteiger partial charge in [-0.1, -0.05) is 146 Å². The minimum Gasteiger partial charge on any atom is -0.252 e. The van der Waals surface area contributed by atoms with Gasteiger partial charge in [0.2, 0.25) is 0 Å². The Bertz CT molecular complexity index is 3140. The lowest BCUT2D eigenvalue weighted by Gasteiger charge is -2.21. The van der Waals surface area contributed by atoms with E-state index in [2.05, 4.69) is 170 Å². The van der Waals surface area contributed by atoms with Gasteiger partial charge in [-0.3, -0.25) is 4.98 Å². The van der Waals surface area contributed by atoms with Crippen molar-refractivity contribution in [2.75, 3.05) is 0 Å². The molecule has 0 aliphatic heterocycles. The van der Waals surface area contributed by atoms with Crippen molar-refractivity contribution in [3.05, 3.63) is 197 Å². The molecule has 3 heteroatoms. The van der Waals surface area contributed by atoms with Gasteiger partial charge in [-0.25, -0.2) is 9.97 Å². The van der Waals surface area contributed by atoms with Crippen LogP contribution in [0.15, 0.2) is 163 Å². The molecule has 5 aromatic carbocycles. The maximum atomic E-state index is 5.42.